The topological polar surface area (TPSA) is 70.7 Å². The van der Waals surface area contributed by atoms with Gasteiger partial charge in [0.05, 0.1) is 11.6 Å². The van der Waals surface area contributed by atoms with Gasteiger partial charge in [-0.2, -0.15) is 0 Å². The first kappa shape index (κ1) is 23.9. The number of aryl methyl sites for hydroxylation is 1. The van der Waals surface area contributed by atoms with E-state index in [4.69, 9.17) is 27.9 Å². The van der Waals surface area contributed by atoms with Crippen molar-refractivity contribution >= 4 is 46.4 Å². The predicted molar refractivity (Wildman–Crippen MR) is 135 cm³/mol. The average Bonchev–Trinajstić information content (AvgIpc) is 3.24. The molecular weight excluding hydrogens is 473 g/mol. The van der Waals surface area contributed by atoms with Crippen molar-refractivity contribution in [3.63, 3.8) is 0 Å². The van der Waals surface area contributed by atoms with E-state index in [2.05, 4.69) is 17.8 Å². The lowest BCUT2D eigenvalue weighted by atomic mass is 10.1. The van der Waals surface area contributed by atoms with Gasteiger partial charge in [-0.1, -0.05) is 54.4 Å². The number of nitrogens with zero attached hydrogens (tertiary/aromatic N) is 1. The molecule has 0 radical (unpaired) electrons. The first-order chi connectivity index (χ1) is 16.4. The van der Waals surface area contributed by atoms with Gasteiger partial charge < -0.3 is 9.64 Å². The Labute approximate surface area is 208 Å². The number of rotatable bonds is 8. The Hall–Kier alpha value is -3.22. The van der Waals surface area contributed by atoms with Crippen molar-refractivity contribution in [3.8, 4) is 5.75 Å². The molecule has 2 amide bonds. The van der Waals surface area contributed by atoms with Gasteiger partial charge in [-0.25, -0.2) is 0 Å². The van der Waals surface area contributed by atoms with Crippen LogP contribution in [0.15, 0.2) is 66.7 Å². The maximum atomic E-state index is 12.7. The molecule has 2 N–H and O–H groups in total. The molecule has 0 aliphatic carbocycles. The van der Waals surface area contributed by atoms with Crippen LogP contribution < -0.4 is 20.5 Å². The van der Waals surface area contributed by atoms with Crippen LogP contribution in [0.25, 0.3) is 0 Å². The normalized spacial score (nSPS) is 15.3. The number of ether oxygens (including phenoxy) is 1. The molecule has 0 spiro atoms. The van der Waals surface area contributed by atoms with E-state index in [1.807, 2.05) is 24.3 Å². The van der Waals surface area contributed by atoms with Gasteiger partial charge in [0.2, 0.25) is 11.8 Å². The van der Waals surface area contributed by atoms with Crippen LogP contribution in [0.4, 0.5) is 11.4 Å². The Kier molecular flexibility index (Phi) is 7.60. The van der Waals surface area contributed by atoms with E-state index in [1.165, 1.54) is 5.56 Å². The van der Waals surface area contributed by atoms with Crippen molar-refractivity contribution < 1.29 is 14.3 Å². The lowest BCUT2D eigenvalue weighted by molar-refractivity contribution is -0.125. The molecule has 1 aliphatic heterocycles. The van der Waals surface area contributed by atoms with E-state index in [0.29, 0.717) is 33.6 Å². The fraction of sp³-hybridized carbons (Fsp3) is 0.231. The van der Waals surface area contributed by atoms with Crippen LogP contribution in [-0.4, -0.2) is 18.4 Å². The van der Waals surface area contributed by atoms with Gasteiger partial charge in [0.25, 0.3) is 0 Å². The lowest BCUT2D eigenvalue weighted by Crippen LogP contribution is -2.36. The molecule has 1 fully saturated rings. The molecule has 4 rings (SSSR count). The third-order valence-electron chi connectivity index (χ3n) is 5.76. The molecule has 1 saturated heterocycles. The van der Waals surface area contributed by atoms with Crippen LogP contribution in [0.5, 0.6) is 5.75 Å². The fourth-order valence-electron chi connectivity index (χ4n) is 3.77. The smallest absolute Gasteiger partial charge is 0.243 e. The average molecular weight is 498 g/mol. The van der Waals surface area contributed by atoms with Gasteiger partial charge >= 0.3 is 0 Å². The quantitative estimate of drug-likeness (QED) is 0.395. The van der Waals surface area contributed by atoms with Crippen LogP contribution >= 0.6 is 23.2 Å². The van der Waals surface area contributed by atoms with Crippen molar-refractivity contribution in [1.29, 1.82) is 0 Å². The fourth-order valence-corrected chi connectivity index (χ4v) is 4.28. The summed E-state index contributed by atoms with van der Waals surface area (Å²) in [6.07, 6.45) is 1.11. The van der Waals surface area contributed by atoms with Crippen molar-refractivity contribution in [2.24, 2.45) is 5.92 Å². The van der Waals surface area contributed by atoms with E-state index in [-0.39, 0.29) is 24.8 Å². The summed E-state index contributed by atoms with van der Waals surface area (Å²) in [6.45, 7) is 2.65. The Bertz CT molecular complexity index is 1160. The number of carbonyl (C=O) groups is 2. The largest absolute Gasteiger partial charge is 0.489 e. The minimum Gasteiger partial charge on any atom is -0.489 e. The zero-order valence-corrected chi connectivity index (χ0v) is 20.2. The lowest BCUT2D eigenvalue weighted by Gasteiger charge is -2.17. The highest BCUT2D eigenvalue weighted by Gasteiger charge is 2.35. The number of anilines is 2. The number of halogens is 2. The second-order valence-electron chi connectivity index (χ2n) is 8.06. The third-order valence-corrected chi connectivity index (χ3v) is 6.47. The summed E-state index contributed by atoms with van der Waals surface area (Å²) in [5.74, 6) is -0.145. The van der Waals surface area contributed by atoms with Crippen molar-refractivity contribution in [2.75, 3.05) is 16.9 Å². The molecule has 0 saturated carbocycles. The molecule has 0 aromatic heterocycles. The first-order valence-electron chi connectivity index (χ1n) is 11.1. The molecule has 3 aromatic carbocycles. The van der Waals surface area contributed by atoms with Crippen LogP contribution in [0.3, 0.4) is 0 Å². The number of amides is 2. The zero-order valence-electron chi connectivity index (χ0n) is 18.7. The second-order valence-corrected chi connectivity index (χ2v) is 8.87. The van der Waals surface area contributed by atoms with E-state index in [1.54, 1.807) is 47.4 Å². The first-order valence-corrected chi connectivity index (χ1v) is 11.8. The standard InChI is InChI=1S/C26H25Cl2N3O3/c1-2-17-9-11-20(12-10-17)31-15-18(13-25(31)32)26(33)30-29-19-5-3-6-21(14-19)34-16-22-23(27)7-4-8-24(22)28/h3-12,14,18,29H,2,13,15-16H2,1H3,(H,30,33)/t18-/m1/s1. The third kappa shape index (κ3) is 5.64. The second kappa shape index (κ2) is 10.8. The number of benzene rings is 3. The van der Waals surface area contributed by atoms with Crippen molar-refractivity contribution in [3.05, 3.63) is 87.9 Å². The van der Waals surface area contributed by atoms with Crippen LogP contribution in [0.2, 0.25) is 10.0 Å². The molecule has 1 heterocycles. The highest BCUT2D eigenvalue weighted by Crippen LogP contribution is 2.27. The van der Waals surface area contributed by atoms with Gasteiger partial charge in [0.15, 0.2) is 0 Å². The Morgan fingerprint density at radius 2 is 1.76 bits per heavy atom. The Balaban J connectivity index is 1.32. The summed E-state index contributed by atoms with van der Waals surface area (Å²) in [5, 5.41) is 1.08. The highest BCUT2D eigenvalue weighted by molar-refractivity contribution is 6.35. The zero-order chi connectivity index (χ0) is 24.1. The molecule has 3 aromatic rings. The maximum Gasteiger partial charge on any atom is 0.243 e. The van der Waals surface area contributed by atoms with E-state index < -0.39 is 5.92 Å². The number of hydrazine groups is 1. The summed E-state index contributed by atoms with van der Waals surface area (Å²) in [5.41, 5.74) is 8.98. The summed E-state index contributed by atoms with van der Waals surface area (Å²) < 4.78 is 5.82. The van der Waals surface area contributed by atoms with E-state index in [9.17, 15) is 9.59 Å². The number of nitrogens with one attached hydrogen (secondary N) is 2. The van der Waals surface area contributed by atoms with Crippen LogP contribution in [0.1, 0.15) is 24.5 Å². The van der Waals surface area contributed by atoms with Gasteiger partial charge in [0, 0.05) is 40.3 Å². The minimum absolute atomic E-state index is 0.0574. The maximum absolute atomic E-state index is 12.7. The number of hydrogen-bond donors (Lipinski definition) is 2. The summed E-state index contributed by atoms with van der Waals surface area (Å²) in [6, 6.07) is 20.3. The molecule has 176 valence electrons. The summed E-state index contributed by atoms with van der Waals surface area (Å²) in [4.78, 5) is 26.9. The Morgan fingerprint density at radius 1 is 1.06 bits per heavy atom. The minimum atomic E-state index is -0.437. The van der Waals surface area contributed by atoms with Crippen molar-refractivity contribution in [1.82, 2.24) is 5.43 Å². The van der Waals surface area contributed by atoms with Gasteiger partial charge in [-0.3, -0.25) is 20.4 Å². The van der Waals surface area contributed by atoms with Crippen LogP contribution in [0, 0.1) is 5.92 Å². The van der Waals surface area contributed by atoms with Gasteiger partial charge in [0.1, 0.15) is 12.4 Å². The van der Waals surface area contributed by atoms with E-state index >= 15 is 0 Å². The predicted octanol–water partition coefficient (Wildman–Crippen LogP) is 5.63. The molecular formula is C26H25Cl2N3O3. The van der Waals surface area contributed by atoms with Gasteiger partial charge in [-0.05, 0) is 48.4 Å². The van der Waals surface area contributed by atoms with Gasteiger partial charge in [-0.15, -0.1) is 0 Å². The van der Waals surface area contributed by atoms with Crippen LogP contribution in [-0.2, 0) is 22.6 Å². The molecule has 1 aliphatic rings. The summed E-state index contributed by atoms with van der Waals surface area (Å²) >= 11 is 12.4. The Morgan fingerprint density at radius 3 is 2.47 bits per heavy atom. The molecule has 0 bridgehead atoms. The molecule has 1 atom stereocenters. The molecule has 34 heavy (non-hydrogen) atoms. The molecule has 6 nitrogen and oxygen atoms in total. The SMILES string of the molecule is CCc1ccc(N2C[C@H](C(=O)NNc3cccc(OCc4c(Cl)cccc4Cl)c3)CC2=O)cc1. The highest BCUT2D eigenvalue weighted by atomic mass is 35.5. The van der Waals surface area contributed by atoms with E-state index in [0.717, 1.165) is 12.1 Å². The summed E-state index contributed by atoms with van der Waals surface area (Å²) in [7, 11) is 0. The number of carbonyl (C=O) groups excluding carboxylic acids is 2. The van der Waals surface area contributed by atoms with Crippen molar-refractivity contribution in [2.45, 2.75) is 26.4 Å². The number of hydrogen-bond acceptors (Lipinski definition) is 4. The monoisotopic (exact) mass is 497 g/mol. The molecule has 8 heteroatoms. The molecule has 0 unspecified atom stereocenters.